The molecule has 0 saturated carbocycles. The molecule has 1 N–H and O–H groups in total. The van der Waals surface area contributed by atoms with Gasteiger partial charge in [0.25, 0.3) is 0 Å². The molecule has 0 fully saturated rings. The van der Waals surface area contributed by atoms with E-state index in [1.54, 1.807) is 0 Å². The second kappa shape index (κ2) is 3.40. The largest absolute Gasteiger partial charge is 0.396 e. The highest BCUT2D eigenvalue weighted by atomic mass is 16.3. The number of aliphatic hydroxyl groups is 1. The maximum atomic E-state index is 8.83. The SMILES string of the molecule is C=CC(C)(C)C(C)(C)CCO. The molecular weight excluding hydrogens is 136 g/mol. The van der Waals surface area contributed by atoms with Crippen molar-refractivity contribution in [3.05, 3.63) is 12.7 Å². The van der Waals surface area contributed by atoms with Crippen LogP contribution in [0.25, 0.3) is 0 Å². The summed E-state index contributed by atoms with van der Waals surface area (Å²) in [5, 5.41) is 8.83. The third-order valence-corrected chi connectivity index (χ3v) is 2.99. The number of allylic oxidation sites excluding steroid dienone is 1. The van der Waals surface area contributed by atoms with E-state index in [0.717, 1.165) is 6.42 Å². The van der Waals surface area contributed by atoms with Gasteiger partial charge in [-0.15, -0.1) is 6.58 Å². The van der Waals surface area contributed by atoms with Crippen molar-refractivity contribution in [3.8, 4) is 0 Å². The lowest BCUT2D eigenvalue weighted by molar-refractivity contribution is 0.114. The second-order valence-electron chi connectivity index (χ2n) is 4.28. The van der Waals surface area contributed by atoms with Gasteiger partial charge in [-0.25, -0.2) is 0 Å². The summed E-state index contributed by atoms with van der Waals surface area (Å²) in [5.41, 5.74) is 0.221. The van der Waals surface area contributed by atoms with Crippen LogP contribution in [-0.4, -0.2) is 11.7 Å². The Morgan fingerprint density at radius 2 is 1.73 bits per heavy atom. The molecule has 0 aromatic heterocycles. The molecule has 0 rings (SSSR count). The summed E-state index contributed by atoms with van der Waals surface area (Å²) >= 11 is 0. The Morgan fingerprint density at radius 1 is 1.27 bits per heavy atom. The summed E-state index contributed by atoms with van der Waals surface area (Å²) in [7, 11) is 0. The first kappa shape index (κ1) is 10.7. The molecule has 0 heterocycles. The van der Waals surface area contributed by atoms with Gasteiger partial charge in [-0.2, -0.15) is 0 Å². The summed E-state index contributed by atoms with van der Waals surface area (Å²) in [5.74, 6) is 0. The van der Waals surface area contributed by atoms with Gasteiger partial charge in [-0.05, 0) is 17.3 Å². The van der Waals surface area contributed by atoms with Crippen LogP contribution in [-0.2, 0) is 0 Å². The topological polar surface area (TPSA) is 20.2 Å². The Morgan fingerprint density at radius 3 is 2.00 bits per heavy atom. The Bertz CT molecular complexity index is 134. The monoisotopic (exact) mass is 156 g/mol. The molecule has 11 heavy (non-hydrogen) atoms. The van der Waals surface area contributed by atoms with Crippen LogP contribution in [0.3, 0.4) is 0 Å². The third-order valence-electron chi connectivity index (χ3n) is 2.99. The number of hydrogen-bond acceptors (Lipinski definition) is 1. The molecule has 1 nitrogen and oxygen atoms in total. The Labute approximate surface area is 70.1 Å². The van der Waals surface area contributed by atoms with Gasteiger partial charge in [-0.1, -0.05) is 33.8 Å². The standard InChI is InChI=1S/C10H20O/c1-6-9(2,3)10(4,5)7-8-11/h6,11H,1,7-8H2,2-5H3. The fraction of sp³-hybridized carbons (Fsp3) is 0.800. The minimum absolute atomic E-state index is 0.0930. The minimum atomic E-state index is 0.0930. The first-order chi connectivity index (χ1) is 4.87. The highest BCUT2D eigenvalue weighted by Crippen LogP contribution is 2.41. The predicted octanol–water partition coefficient (Wildman–Crippen LogP) is 2.61. The van der Waals surface area contributed by atoms with Gasteiger partial charge >= 0.3 is 0 Å². The lowest BCUT2D eigenvalue weighted by atomic mass is 9.66. The molecule has 1 heteroatoms. The van der Waals surface area contributed by atoms with Crippen molar-refractivity contribution >= 4 is 0 Å². The lowest BCUT2D eigenvalue weighted by Crippen LogP contribution is -2.31. The van der Waals surface area contributed by atoms with Crippen molar-refractivity contribution in [2.75, 3.05) is 6.61 Å². The van der Waals surface area contributed by atoms with E-state index in [2.05, 4.69) is 34.3 Å². The van der Waals surface area contributed by atoms with Gasteiger partial charge in [0.05, 0.1) is 0 Å². The van der Waals surface area contributed by atoms with Crippen LogP contribution in [0.15, 0.2) is 12.7 Å². The molecule has 66 valence electrons. The lowest BCUT2D eigenvalue weighted by Gasteiger charge is -2.39. The van der Waals surface area contributed by atoms with E-state index in [1.807, 2.05) is 6.08 Å². The van der Waals surface area contributed by atoms with Crippen LogP contribution in [0.1, 0.15) is 34.1 Å². The van der Waals surface area contributed by atoms with Gasteiger partial charge in [0.15, 0.2) is 0 Å². The van der Waals surface area contributed by atoms with Crippen LogP contribution >= 0.6 is 0 Å². The highest BCUT2D eigenvalue weighted by Gasteiger charge is 2.33. The summed E-state index contributed by atoms with van der Waals surface area (Å²) in [6, 6.07) is 0. The molecule has 0 saturated heterocycles. The summed E-state index contributed by atoms with van der Waals surface area (Å²) in [6.07, 6.45) is 2.79. The summed E-state index contributed by atoms with van der Waals surface area (Å²) in [4.78, 5) is 0. The van der Waals surface area contributed by atoms with Crippen LogP contribution < -0.4 is 0 Å². The predicted molar refractivity (Wildman–Crippen MR) is 49.5 cm³/mol. The first-order valence-corrected chi connectivity index (χ1v) is 4.12. The smallest absolute Gasteiger partial charge is 0.0436 e. The molecule has 0 radical (unpaired) electrons. The van der Waals surface area contributed by atoms with Crippen LogP contribution in [0.4, 0.5) is 0 Å². The van der Waals surface area contributed by atoms with Crippen molar-refractivity contribution in [1.82, 2.24) is 0 Å². The van der Waals surface area contributed by atoms with Crippen LogP contribution in [0, 0.1) is 10.8 Å². The van der Waals surface area contributed by atoms with E-state index in [1.165, 1.54) is 0 Å². The van der Waals surface area contributed by atoms with Gasteiger partial charge in [0, 0.05) is 6.61 Å². The molecule has 0 aliphatic carbocycles. The number of hydrogen-bond donors (Lipinski definition) is 1. The molecule has 0 unspecified atom stereocenters. The molecule has 0 atom stereocenters. The zero-order chi connectivity index (χ0) is 9.12. The van der Waals surface area contributed by atoms with E-state index < -0.39 is 0 Å². The fourth-order valence-electron chi connectivity index (χ4n) is 0.878. The quantitative estimate of drug-likeness (QED) is 0.620. The van der Waals surface area contributed by atoms with E-state index in [-0.39, 0.29) is 17.4 Å². The normalized spacial score (nSPS) is 13.2. The van der Waals surface area contributed by atoms with E-state index in [9.17, 15) is 0 Å². The third kappa shape index (κ3) is 2.33. The van der Waals surface area contributed by atoms with Gasteiger partial charge in [0.2, 0.25) is 0 Å². The molecule has 0 aromatic carbocycles. The van der Waals surface area contributed by atoms with E-state index in [0.29, 0.717) is 0 Å². The Balaban J connectivity index is 4.38. The molecular formula is C10H20O. The van der Waals surface area contributed by atoms with Crippen LogP contribution in [0.2, 0.25) is 0 Å². The second-order valence-corrected chi connectivity index (χ2v) is 4.28. The maximum Gasteiger partial charge on any atom is 0.0436 e. The highest BCUT2D eigenvalue weighted by molar-refractivity contribution is 4.97. The van der Waals surface area contributed by atoms with E-state index >= 15 is 0 Å². The molecule has 0 aromatic rings. The number of aliphatic hydroxyl groups excluding tert-OH is 1. The van der Waals surface area contributed by atoms with Gasteiger partial charge in [0.1, 0.15) is 0 Å². The first-order valence-electron chi connectivity index (χ1n) is 4.12. The fourth-order valence-corrected chi connectivity index (χ4v) is 0.878. The Hall–Kier alpha value is -0.300. The van der Waals surface area contributed by atoms with Crippen molar-refractivity contribution in [2.45, 2.75) is 34.1 Å². The van der Waals surface area contributed by atoms with Crippen molar-refractivity contribution in [1.29, 1.82) is 0 Å². The molecule has 0 bridgehead atoms. The van der Waals surface area contributed by atoms with Crippen molar-refractivity contribution in [3.63, 3.8) is 0 Å². The minimum Gasteiger partial charge on any atom is -0.396 e. The summed E-state index contributed by atoms with van der Waals surface area (Å²) in [6.45, 7) is 12.7. The number of rotatable bonds is 4. The maximum absolute atomic E-state index is 8.83. The van der Waals surface area contributed by atoms with Gasteiger partial charge < -0.3 is 5.11 Å². The van der Waals surface area contributed by atoms with Crippen molar-refractivity contribution < 1.29 is 5.11 Å². The molecule has 0 aliphatic rings. The van der Waals surface area contributed by atoms with Crippen LogP contribution in [0.5, 0.6) is 0 Å². The molecule has 0 amide bonds. The zero-order valence-electron chi connectivity index (χ0n) is 8.15. The molecule has 0 spiro atoms. The van der Waals surface area contributed by atoms with Gasteiger partial charge in [-0.3, -0.25) is 0 Å². The molecule has 0 aliphatic heterocycles. The average Bonchev–Trinajstić information content (AvgIpc) is 1.87. The van der Waals surface area contributed by atoms with Crippen molar-refractivity contribution in [2.24, 2.45) is 10.8 Å². The van der Waals surface area contributed by atoms with E-state index in [4.69, 9.17) is 5.11 Å². The average molecular weight is 156 g/mol. The summed E-state index contributed by atoms with van der Waals surface area (Å²) < 4.78 is 0. The Kier molecular flexibility index (Phi) is 3.30. The zero-order valence-corrected chi connectivity index (χ0v) is 8.15.